The number of benzene rings is 2. The molecule has 1 aliphatic heterocycles. The molecule has 12 heteroatoms. The number of nitro benzene ring substituents is 2. The van der Waals surface area contributed by atoms with Gasteiger partial charge in [0.2, 0.25) is 0 Å². The van der Waals surface area contributed by atoms with Gasteiger partial charge in [0.15, 0.2) is 0 Å². The van der Waals surface area contributed by atoms with E-state index >= 15 is 0 Å². The van der Waals surface area contributed by atoms with E-state index in [2.05, 4.69) is 5.32 Å². The fourth-order valence-electron chi connectivity index (χ4n) is 4.91. The number of rotatable bonds is 5. The number of nitro groups is 2. The van der Waals surface area contributed by atoms with Crippen molar-refractivity contribution < 1.29 is 19.4 Å². The van der Waals surface area contributed by atoms with Gasteiger partial charge in [-0.15, -0.1) is 0 Å². The summed E-state index contributed by atoms with van der Waals surface area (Å²) in [7, 11) is 0. The van der Waals surface area contributed by atoms with Crippen molar-refractivity contribution in [3.8, 4) is 0 Å². The lowest BCUT2D eigenvalue weighted by Crippen LogP contribution is -2.66. The van der Waals surface area contributed by atoms with Crippen molar-refractivity contribution in [2.75, 3.05) is 0 Å². The molecule has 0 radical (unpaired) electrons. The number of hydrogen-bond acceptors (Lipinski definition) is 6. The maximum Gasteiger partial charge on any atom is 0.288 e. The van der Waals surface area contributed by atoms with Gasteiger partial charge in [-0.05, 0) is 64.8 Å². The van der Waals surface area contributed by atoms with Crippen molar-refractivity contribution in [2.24, 2.45) is 0 Å². The second-order valence-corrected chi connectivity index (χ2v) is 10.5. The zero-order valence-corrected chi connectivity index (χ0v) is 21.0. The molecular weight excluding hydrogens is 499 g/mol. The Morgan fingerprint density at radius 3 is 1.77 bits per heavy atom. The number of likely N-dealkylation sites (tertiary alicyclic amines) is 1. The van der Waals surface area contributed by atoms with Crippen LogP contribution in [0, 0.1) is 20.2 Å². The van der Waals surface area contributed by atoms with Crippen LogP contribution >= 0.6 is 23.2 Å². The Bertz CT molecular complexity index is 1210. The average molecular weight is 523 g/mol. The predicted octanol–water partition coefficient (Wildman–Crippen LogP) is 5.40. The Balaban J connectivity index is 1.85. The second kappa shape index (κ2) is 9.43. The van der Waals surface area contributed by atoms with Gasteiger partial charge in [0.1, 0.15) is 10.0 Å². The third-order valence-electron chi connectivity index (χ3n) is 6.04. The number of amides is 2. The predicted molar refractivity (Wildman–Crippen MR) is 131 cm³/mol. The quantitative estimate of drug-likeness (QED) is 0.412. The molecule has 0 aromatic heterocycles. The molecule has 2 aromatic carbocycles. The van der Waals surface area contributed by atoms with Crippen molar-refractivity contribution in [1.82, 2.24) is 10.2 Å². The summed E-state index contributed by atoms with van der Waals surface area (Å²) in [5.74, 6) is -0.882. The van der Waals surface area contributed by atoms with Crippen LogP contribution < -0.4 is 5.32 Å². The van der Waals surface area contributed by atoms with Crippen LogP contribution in [0.1, 0.15) is 61.3 Å². The largest absolute Gasteiger partial charge is 0.349 e. The minimum Gasteiger partial charge on any atom is -0.349 e. The first-order valence-electron chi connectivity index (χ1n) is 10.7. The lowest BCUT2D eigenvalue weighted by molar-refractivity contribution is -0.384. The molecule has 0 atom stereocenters. The summed E-state index contributed by atoms with van der Waals surface area (Å²) in [5.41, 5.74) is -1.96. The van der Waals surface area contributed by atoms with E-state index in [0.29, 0.717) is 12.8 Å². The minimum atomic E-state index is -0.739. The summed E-state index contributed by atoms with van der Waals surface area (Å²) in [6.07, 6.45) is 0.776. The summed E-state index contributed by atoms with van der Waals surface area (Å²) in [6.45, 7) is 7.40. The number of carbonyl (C=O) groups is 2. The molecule has 35 heavy (non-hydrogen) atoms. The molecule has 1 saturated heterocycles. The maximum atomic E-state index is 13.5. The van der Waals surface area contributed by atoms with Crippen LogP contribution in [-0.4, -0.2) is 43.7 Å². The highest BCUT2D eigenvalue weighted by Crippen LogP contribution is 2.40. The molecule has 0 unspecified atom stereocenters. The van der Waals surface area contributed by atoms with E-state index in [0.717, 1.165) is 12.1 Å². The van der Waals surface area contributed by atoms with E-state index in [-0.39, 0.29) is 38.6 Å². The van der Waals surface area contributed by atoms with Gasteiger partial charge in [0, 0.05) is 40.4 Å². The zero-order chi connectivity index (χ0) is 26.3. The van der Waals surface area contributed by atoms with E-state index in [9.17, 15) is 29.8 Å². The monoisotopic (exact) mass is 522 g/mol. The van der Waals surface area contributed by atoms with Gasteiger partial charge < -0.3 is 10.2 Å². The topological polar surface area (TPSA) is 136 Å². The molecule has 0 aliphatic carbocycles. The Hall–Kier alpha value is -3.24. The van der Waals surface area contributed by atoms with Crippen LogP contribution in [0.2, 0.25) is 10.0 Å². The SMILES string of the molecule is CC1(C)CC(NC(=O)c2ccc(Cl)c([N+](=O)[O-])c2)CC(C)(C)N1C(=O)c1ccc(Cl)c([N+](=O)[O-])c1. The number of hydrogen-bond donors (Lipinski definition) is 1. The Labute approximate surface area is 211 Å². The molecule has 1 fully saturated rings. The molecule has 0 spiro atoms. The lowest BCUT2D eigenvalue weighted by atomic mass is 9.76. The van der Waals surface area contributed by atoms with E-state index < -0.39 is 32.7 Å². The van der Waals surface area contributed by atoms with Crippen LogP contribution in [0.15, 0.2) is 36.4 Å². The van der Waals surface area contributed by atoms with Gasteiger partial charge in [0.25, 0.3) is 23.2 Å². The molecule has 0 saturated carbocycles. The van der Waals surface area contributed by atoms with Gasteiger partial charge in [-0.2, -0.15) is 0 Å². The zero-order valence-electron chi connectivity index (χ0n) is 19.5. The normalized spacial score (nSPS) is 17.0. The number of nitrogens with one attached hydrogen (secondary N) is 1. The number of halogens is 2. The van der Waals surface area contributed by atoms with E-state index in [1.807, 2.05) is 27.7 Å². The average Bonchev–Trinajstić information content (AvgIpc) is 2.71. The van der Waals surface area contributed by atoms with Gasteiger partial charge in [0.05, 0.1) is 9.85 Å². The summed E-state index contributed by atoms with van der Waals surface area (Å²) in [5, 5.41) is 25.2. The standard InChI is InChI=1S/C23H24Cl2N4O6/c1-22(2)11-15(26-20(30)13-5-7-16(24)18(9-13)28(32)33)12-23(3,4)27(22)21(31)14-6-8-17(25)19(10-14)29(34)35/h5-10,15H,11-12H2,1-4H3,(H,26,30). The van der Waals surface area contributed by atoms with Crippen molar-refractivity contribution >= 4 is 46.4 Å². The maximum absolute atomic E-state index is 13.5. The summed E-state index contributed by atoms with van der Waals surface area (Å²) in [6, 6.07) is 7.43. The summed E-state index contributed by atoms with van der Waals surface area (Å²) >= 11 is 11.7. The summed E-state index contributed by atoms with van der Waals surface area (Å²) in [4.78, 5) is 49.2. The molecule has 1 N–H and O–H groups in total. The minimum absolute atomic E-state index is 0.0612. The van der Waals surface area contributed by atoms with Gasteiger partial charge in [-0.25, -0.2) is 0 Å². The molecular formula is C23H24Cl2N4O6. The molecule has 3 rings (SSSR count). The van der Waals surface area contributed by atoms with Crippen LogP contribution in [0.25, 0.3) is 0 Å². The summed E-state index contributed by atoms with van der Waals surface area (Å²) < 4.78 is 0. The number of piperidine rings is 1. The van der Waals surface area contributed by atoms with Gasteiger partial charge in [-0.3, -0.25) is 29.8 Å². The fraction of sp³-hybridized carbons (Fsp3) is 0.391. The van der Waals surface area contributed by atoms with E-state index in [1.54, 1.807) is 4.90 Å². The van der Waals surface area contributed by atoms with Crippen molar-refractivity contribution in [3.63, 3.8) is 0 Å². The Morgan fingerprint density at radius 2 is 1.31 bits per heavy atom. The number of carbonyl (C=O) groups excluding carboxylic acids is 2. The van der Waals surface area contributed by atoms with Crippen molar-refractivity contribution in [2.45, 2.75) is 57.7 Å². The first-order valence-corrected chi connectivity index (χ1v) is 11.4. The molecule has 2 amide bonds. The molecule has 10 nitrogen and oxygen atoms in total. The molecule has 0 bridgehead atoms. The van der Waals surface area contributed by atoms with Crippen LogP contribution in [0.5, 0.6) is 0 Å². The smallest absolute Gasteiger partial charge is 0.288 e. The van der Waals surface area contributed by atoms with E-state index in [4.69, 9.17) is 23.2 Å². The van der Waals surface area contributed by atoms with Crippen molar-refractivity contribution in [1.29, 1.82) is 0 Å². The Kier molecular flexibility index (Phi) is 7.10. The van der Waals surface area contributed by atoms with Gasteiger partial charge in [-0.1, -0.05) is 23.2 Å². The van der Waals surface area contributed by atoms with Crippen LogP contribution in [0.3, 0.4) is 0 Å². The fourth-order valence-corrected chi connectivity index (χ4v) is 5.28. The third-order valence-corrected chi connectivity index (χ3v) is 6.67. The lowest BCUT2D eigenvalue weighted by Gasteiger charge is -2.55. The van der Waals surface area contributed by atoms with Crippen molar-refractivity contribution in [3.05, 3.63) is 77.8 Å². The highest BCUT2D eigenvalue weighted by molar-refractivity contribution is 6.33. The first kappa shape index (κ1) is 26.4. The highest BCUT2D eigenvalue weighted by Gasteiger charge is 2.48. The number of nitrogens with zero attached hydrogens (tertiary/aromatic N) is 3. The Morgan fingerprint density at radius 1 is 0.886 bits per heavy atom. The molecule has 186 valence electrons. The highest BCUT2D eigenvalue weighted by atomic mass is 35.5. The third kappa shape index (κ3) is 5.38. The first-order chi connectivity index (χ1) is 16.1. The van der Waals surface area contributed by atoms with Crippen LogP contribution in [0.4, 0.5) is 11.4 Å². The van der Waals surface area contributed by atoms with Gasteiger partial charge >= 0.3 is 0 Å². The van der Waals surface area contributed by atoms with E-state index in [1.165, 1.54) is 24.3 Å². The second-order valence-electron chi connectivity index (χ2n) is 9.69. The van der Waals surface area contributed by atoms with Crippen LogP contribution in [-0.2, 0) is 0 Å². The molecule has 2 aromatic rings. The molecule has 1 heterocycles. The molecule has 1 aliphatic rings.